The van der Waals surface area contributed by atoms with Crippen LogP contribution in [0.4, 0.5) is 0 Å². The van der Waals surface area contributed by atoms with Crippen molar-refractivity contribution in [1.82, 2.24) is 29.4 Å². The van der Waals surface area contributed by atoms with Crippen molar-refractivity contribution in [3.8, 4) is 0 Å². The number of nitrogens with zero attached hydrogens (tertiary/aromatic N) is 6. The van der Waals surface area contributed by atoms with Crippen molar-refractivity contribution >= 4 is 17.5 Å². The van der Waals surface area contributed by atoms with Crippen LogP contribution in [-0.4, -0.2) is 61.4 Å². The molecule has 1 fully saturated rings. The molecule has 2 aromatic heterocycles. The van der Waals surface area contributed by atoms with Gasteiger partial charge in [0.2, 0.25) is 0 Å². The minimum Gasteiger partial charge on any atom is -0.335 e. The lowest BCUT2D eigenvalue weighted by molar-refractivity contribution is 0.0622. The molecule has 0 N–H and O–H groups in total. The fourth-order valence-corrected chi connectivity index (χ4v) is 3.32. The highest BCUT2D eigenvalue weighted by atomic mass is 35.5. The Morgan fingerprint density at radius 3 is 2.54 bits per heavy atom. The average Bonchev–Trinajstić information content (AvgIpc) is 3.09. The number of carbonyl (C=O) groups excluding carboxylic acids is 1. The van der Waals surface area contributed by atoms with Gasteiger partial charge in [-0.25, -0.2) is 0 Å². The summed E-state index contributed by atoms with van der Waals surface area (Å²) >= 11 is 6.08. The van der Waals surface area contributed by atoms with E-state index >= 15 is 0 Å². The minimum atomic E-state index is -0.0877. The number of halogens is 1. The SMILES string of the molecule is CCn1ncc(CN2CCN(C(=O)c3nn(C)cc3Cl)CC2)c1C. The lowest BCUT2D eigenvalue weighted by atomic mass is 10.2. The van der Waals surface area contributed by atoms with Crippen LogP contribution in [0.5, 0.6) is 0 Å². The topological polar surface area (TPSA) is 59.2 Å². The molecule has 0 unspecified atom stereocenters. The molecule has 0 aromatic carbocycles. The van der Waals surface area contributed by atoms with Crippen LogP contribution in [0.1, 0.15) is 28.7 Å². The molecule has 3 rings (SSSR count). The third-order valence-corrected chi connectivity index (χ3v) is 4.82. The summed E-state index contributed by atoms with van der Waals surface area (Å²) in [4.78, 5) is 16.7. The van der Waals surface area contributed by atoms with Crippen LogP contribution >= 0.6 is 11.6 Å². The molecule has 1 saturated heterocycles. The van der Waals surface area contributed by atoms with Crippen molar-refractivity contribution in [3.63, 3.8) is 0 Å². The van der Waals surface area contributed by atoms with E-state index in [2.05, 4.69) is 28.9 Å². The zero-order valence-corrected chi connectivity index (χ0v) is 15.1. The quantitative estimate of drug-likeness (QED) is 0.839. The van der Waals surface area contributed by atoms with Crippen molar-refractivity contribution in [3.05, 3.63) is 34.4 Å². The van der Waals surface area contributed by atoms with Gasteiger partial charge in [-0.1, -0.05) is 11.6 Å². The lowest BCUT2D eigenvalue weighted by Crippen LogP contribution is -2.48. The smallest absolute Gasteiger partial charge is 0.276 e. The van der Waals surface area contributed by atoms with Gasteiger partial charge in [0.1, 0.15) is 0 Å². The van der Waals surface area contributed by atoms with E-state index in [1.165, 1.54) is 11.3 Å². The van der Waals surface area contributed by atoms with Gasteiger partial charge in [0, 0.05) is 63.8 Å². The number of aromatic nitrogens is 4. The van der Waals surface area contributed by atoms with Crippen LogP contribution in [0.2, 0.25) is 5.02 Å². The highest BCUT2D eigenvalue weighted by Gasteiger charge is 2.26. The maximum absolute atomic E-state index is 12.5. The van der Waals surface area contributed by atoms with Gasteiger partial charge < -0.3 is 4.90 Å². The number of aryl methyl sites for hydroxylation is 2. The minimum absolute atomic E-state index is 0.0877. The Labute approximate surface area is 146 Å². The fraction of sp³-hybridized carbons (Fsp3) is 0.562. The highest BCUT2D eigenvalue weighted by molar-refractivity contribution is 6.33. The number of carbonyl (C=O) groups is 1. The van der Waals surface area contributed by atoms with Crippen molar-refractivity contribution in [2.75, 3.05) is 26.2 Å². The third-order valence-electron chi connectivity index (χ3n) is 4.54. The molecule has 130 valence electrons. The second kappa shape index (κ2) is 6.94. The maximum atomic E-state index is 12.5. The first-order valence-electron chi connectivity index (χ1n) is 8.21. The summed E-state index contributed by atoms with van der Waals surface area (Å²) in [6, 6.07) is 0. The van der Waals surface area contributed by atoms with E-state index in [4.69, 9.17) is 11.6 Å². The molecule has 0 bridgehead atoms. The van der Waals surface area contributed by atoms with E-state index in [1.54, 1.807) is 17.9 Å². The predicted molar refractivity (Wildman–Crippen MR) is 92.0 cm³/mol. The molecule has 7 nitrogen and oxygen atoms in total. The first kappa shape index (κ1) is 17.0. The Kier molecular flexibility index (Phi) is 4.91. The molecule has 0 atom stereocenters. The fourth-order valence-electron chi connectivity index (χ4n) is 3.06. The number of rotatable bonds is 4. The van der Waals surface area contributed by atoms with Gasteiger partial charge >= 0.3 is 0 Å². The predicted octanol–water partition coefficient (Wildman–Crippen LogP) is 1.56. The molecule has 2 aromatic rings. The van der Waals surface area contributed by atoms with Gasteiger partial charge in [-0.05, 0) is 13.8 Å². The summed E-state index contributed by atoms with van der Waals surface area (Å²) in [6.45, 7) is 9.02. The molecule has 0 spiro atoms. The zero-order chi connectivity index (χ0) is 17.3. The average molecular weight is 351 g/mol. The van der Waals surface area contributed by atoms with Crippen LogP contribution in [0.3, 0.4) is 0 Å². The first-order valence-corrected chi connectivity index (χ1v) is 8.59. The van der Waals surface area contributed by atoms with E-state index < -0.39 is 0 Å². The van der Waals surface area contributed by atoms with Crippen LogP contribution in [0.25, 0.3) is 0 Å². The van der Waals surface area contributed by atoms with Crippen LogP contribution in [0.15, 0.2) is 12.4 Å². The van der Waals surface area contributed by atoms with Crippen molar-refractivity contribution in [1.29, 1.82) is 0 Å². The third kappa shape index (κ3) is 3.32. The van der Waals surface area contributed by atoms with Crippen molar-refractivity contribution < 1.29 is 4.79 Å². The Morgan fingerprint density at radius 2 is 2.00 bits per heavy atom. The van der Waals surface area contributed by atoms with E-state index in [0.29, 0.717) is 23.8 Å². The Morgan fingerprint density at radius 1 is 1.29 bits per heavy atom. The van der Waals surface area contributed by atoms with E-state index in [0.717, 1.165) is 26.2 Å². The molecular weight excluding hydrogens is 328 g/mol. The van der Waals surface area contributed by atoms with Crippen molar-refractivity contribution in [2.45, 2.75) is 26.9 Å². The number of hydrogen-bond donors (Lipinski definition) is 0. The monoisotopic (exact) mass is 350 g/mol. The van der Waals surface area contributed by atoms with Gasteiger partial charge in [-0.2, -0.15) is 10.2 Å². The Hall–Kier alpha value is -1.86. The first-order chi connectivity index (χ1) is 11.5. The molecule has 3 heterocycles. The largest absolute Gasteiger partial charge is 0.335 e. The maximum Gasteiger partial charge on any atom is 0.276 e. The van der Waals surface area contributed by atoms with Gasteiger partial charge in [-0.15, -0.1) is 0 Å². The van der Waals surface area contributed by atoms with E-state index in [1.807, 2.05) is 15.8 Å². The Balaban J connectivity index is 1.58. The molecule has 8 heteroatoms. The molecule has 0 radical (unpaired) electrons. The highest BCUT2D eigenvalue weighted by Crippen LogP contribution is 2.18. The molecular formula is C16H23ClN6O. The number of piperazine rings is 1. The van der Waals surface area contributed by atoms with Gasteiger partial charge in [0.25, 0.3) is 5.91 Å². The van der Waals surface area contributed by atoms with Crippen LogP contribution in [-0.2, 0) is 20.1 Å². The summed E-state index contributed by atoms with van der Waals surface area (Å²) in [5.41, 5.74) is 2.81. The molecule has 1 aliphatic rings. The molecule has 1 aliphatic heterocycles. The van der Waals surface area contributed by atoms with Gasteiger partial charge in [-0.3, -0.25) is 19.1 Å². The van der Waals surface area contributed by atoms with Gasteiger partial charge in [0.05, 0.1) is 11.2 Å². The summed E-state index contributed by atoms with van der Waals surface area (Å²) in [5, 5.41) is 8.97. The van der Waals surface area contributed by atoms with Gasteiger partial charge in [0.15, 0.2) is 5.69 Å². The number of hydrogen-bond acceptors (Lipinski definition) is 4. The van der Waals surface area contributed by atoms with E-state index in [9.17, 15) is 4.79 Å². The molecule has 24 heavy (non-hydrogen) atoms. The normalized spacial score (nSPS) is 15.9. The number of amides is 1. The summed E-state index contributed by atoms with van der Waals surface area (Å²) in [5.74, 6) is -0.0877. The second-order valence-corrected chi connectivity index (χ2v) is 6.55. The molecule has 0 saturated carbocycles. The summed E-state index contributed by atoms with van der Waals surface area (Å²) < 4.78 is 3.58. The zero-order valence-electron chi connectivity index (χ0n) is 14.4. The lowest BCUT2D eigenvalue weighted by Gasteiger charge is -2.34. The summed E-state index contributed by atoms with van der Waals surface area (Å²) in [6.07, 6.45) is 3.60. The van der Waals surface area contributed by atoms with Crippen LogP contribution < -0.4 is 0 Å². The van der Waals surface area contributed by atoms with E-state index in [-0.39, 0.29) is 5.91 Å². The molecule has 0 aliphatic carbocycles. The second-order valence-electron chi connectivity index (χ2n) is 6.14. The standard InChI is InChI=1S/C16H23ClN6O/c1-4-23-12(2)13(9-18-23)10-21-5-7-22(8-6-21)16(24)15-14(17)11-20(3)19-15/h9,11H,4-8,10H2,1-3H3. The summed E-state index contributed by atoms with van der Waals surface area (Å²) in [7, 11) is 1.76. The Bertz CT molecular complexity index is 729. The van der Waals surface area contributed by atoms with Crippen molar-refractivity contribution in [2.24, 2.45) is 7.05 Å². The molecule has 1 amide bonds. The van der Waals surface area contributed by atoms with Crippen LogP contribution in [0, 0.1) is 6.92 Å².